The zero-order valence-electron chi connectivity index (χ0n) is 11.9. The molecule has 0 unspecified atom stereocenters. The number of anilines is 2. The summed E-state index contributed by atoms with van der Waals surface area (Å²) in [5.74, 6) is 11.3. The van der Waals surface area contributed by atoms with Gasteiger partial charge in [-0.25, -0.2) is 31.3 Å². The van der Waals surface area contributed by atoms with E-state index in [2.05, 4.69) is 0 Å². The van der Waals surface area contributed by atoms with Crippen LogP contribution in [0.15, 0.2) is 40.8 Å². The Morgan fingerprint density at radius 2 is 1.61 bits per heavy atom. The largest absolute Gasteiger partial charge is 0.454 e. The number of hydrogen-bond acceptors (Lipinski definition) is 5. The molecule has 9 heteroatoms. The van der Waals surface area contributed by atoms with Crippen molar-refractivity contribution < 1.29 is 14.0 Å². The number of fused-ring (bicyclic) bond motifs is 3. The van der Waals surface area contributed by atoms with Crippen molar-refractivity contribution in [2.45, 2.75) is 0 Å². The van der Waals surface area contributed by atoms with Gasteiger partial charge < -0.3 is 15.9 Å². The molecule has 3 aromatic rings. The summed E-state index contributed by atoms with van der Waals surface area (Å²) < 4.78 is 5.75. The first-order chi connectivity index (χ1) is 10.9. The van der Waals surface area contributed by atoms with Gasteiger partial charge in [0.1, 0.15) is 11.3 Å². The molecule has 3 rings (SSSR count). The number of hydrazine groups is 2. The minimum Gasteiger partial charge on any atom is -0.454 e. The molecule has 0 bridgehead atoms. The number of amides is 4. The topological polar surface area (TPSA) is 158 Å². The molecule has 1 heterocycles. The molecule has 0 atom stereocenters. The third-order valence-electron chi connectivity index (χ3n) is 3.47. The van der Waals surface area contributed by atoms with Crippen LogP contribution in [-0.4, -0.2) is 12.1 Å². The maximum atomic E-state index is 11.3. The molecular weight excluding hydrogens is 300 g/mol. The van der Waals surface area contributed by atoms with Crippen LogP contribution in [0.1, 0.15) is 0 Å². The third-order valence-corrected chi connectivity index (χ3v) is 3.47. The van der Waals surface area contributed by atoms with Crippen molar-refractivity contribution in [1.29, 1.82) is 0 Å². The first-order valence-corrected chi connectivity index (χ1v) is 6.54. The van der Waals surface area contributed by atoms with Crippen molar-refractivity contribution in [3.05, 3.63) is 36.4 Å². The Morgan fingerprint density at radius 3 is 2.26 bits per heavy atom. The lowest BCUT2D eigenvalue weighted by Crippen LogP contribution is -2.41. The van der Waals surface area contributed by atoms with Crippen LogP contribution in [0.25, 0.3) is 21.9 Å². The molecule has 4 amide bonds. The first kappa shape index (κ1) is 14.6. The molecule has 0 radical (unpaired) electrons. The molecule has 23 heavy (non-hydrogen) atoms. The number of carbonyl (C=O) groups is 2. The number of para-hydroxylation sites is 1. The van der Waals surface area contributed by atoms with Gasteiger partial charge in [0.2, 0.25) is 0 Å². The molecule has 0 saturated heterocycles. The summed E-state index contributed by atoms with van der Waals surface area (Å²) >= 11 is 0. The van der Waals surface area contributed by atoms with Crippen LogP contribution in [-0.2, 0) is 0 Å². The lowest BCUT2D eigenvalue weighted by atomic mass is 10.1. The Labute approximate surface area is 129 Å². The Bertz CT molecular complexity index is 935. The number of furan rings is 1. The molecule has 0 fully saturated rings. The van der Waals surface area contributed by atoms with Crippen LogP contribution in [0.4, 0.5) is 21.0 Å². The van der Waals surface area contributed by atoms with E-state index in [4.69, 9.17) is 27.6 Å². The third kappa shape index (κ3) is 2.29. The standard InChI is InChI=1S/C14H14N6O3/c15-13(21)19(17)7-4-5-11-9(6-7)8-2-1-3-10(12(8)23-11)20(18)14(16)22/h1-6H,17-18H2,(H2,15,21)(H2,16,22). The van der Waals surface area contributed by atoms with Gasteiger partial charge in [0, 0.05) is 10.8 Å². The predicted octanol–water partition coefficient (Wildman–Crippen LogP) is 1.10. The van der Waals surface area contributed by atoms with E-state index in [0.717, 1.165) is 10.0 Å². The first-order valence-electron chi connectivity index (χ1n) is 6.54. The summed E-state index contributed by atoms with van der Waals surface area (Å²) in [5, 5.41) is 2.99. The van der Waals surface area contributed by atoms with Crippen LogP contribution >= 0.6 is 0 Å². The van der Waals surface area contributed by atoms with Gasteiger partial charge in [-0.15, -0.1) is 0 Å². The fourth-order valence-electron chi connectivity index (χ4n) is 2.36. The number of carbonyl (C=O) groups excluding carboxylic acids is 2. The Morgan fingerprint density at radius 1 is 0.913 bits per heavy atom. The van der Waals surface area contributed by atoms with Gasteiger partial charge in [0.25, 0.3) is 0 Å². The highest BCUT2D eigenvalue weighted by Crippen LogP contribution is 2.35. The zero-order chi connectivity index (χ0) is 16.7. The number of hydrogen-bond donors (Lipinski definition) is 4. The monoisotopic (exact) mass is 314 g/mol. The van der Waals surface area contributed by atoms with E-state index in [0.29, 0.717) is 33.3 Å². The van der Waals surface area contributed by atoms with E-state index in [1.54, 1.807) is 36.4 Å². The number of primary amides is 2. The minimum absolute atomic E-state index is 0.326. The van der Waals surface area contributed by atoms with Crippen molar-refractivity contribution in [3.8, 4) is 0 Å². The highest BCUT2D eigenvalue weighted by molar-refractivity contribution is 6.12. The van der Waals surface area contributed by atoms with Crippen LogP contribution in [0.3, 0.4) is 0 Å². The number of rotatable bonds is 2. The van der Waals surface area contributed by atoms with Gasteiger partial charge in [-0.3, -0.25) is 0 Å². The van der Waals surface area contributed by atoms with Crippen molar-refractivity contribution in [2.24, 2.45) is 23.2 Å². The summed E-state index contributed by atoms with van der Waals surface area (Å²) in [4.78, 5) is 22.5. The van der Waals surface area contributed by atoms with E-state index >= 15 is 0 Å². The van der Waals surface area contributed by atoms with Crippen molar-refractivity contribution in [2.75, 3.05) is 10.0 Å². The van der Waals surface area contributed by atoms with Crippen LogP contribution in [0, 0.1) is 0 Å². The highest BCUT2D eigenvalue weighted by atomic mass is 16.3. The molecular formula is C14H14N6O3. The van der Waals surface area contributed by atoms with E-state index in [-0.39, 0.29) is 0 Å². The predicted molar refractivity (Wildman–Crippen MR) is 86.2 cm³/mol. The van der Waals surface area contributed by atoms with Crippen LogP contribution in [0.5, 0.6) is 0 Å². The second-order valence-electron chi connectivity index (χ2n) is 4.85. The van der Waals surface area contributed by atoms with Gasteiger partial charge in [-0.05, 0) is 24.3 Å². The fraction of sp³-hybridized carbons (Fsp3) is 0. The lowest BCUT2D eigenvalue weighted by molar-refractivity contribution is 0.253. The van der Waals surface area contributed by atoms with E-state index in [1.807, 2.05) is 0 Å². The SMILES string of the molecule is NC(=O)N(N)c1ccc2oc3c(N(N)C(N)=O)cccc3c2c1. The van der Waals surface area contributed by atoms with Gasteiger partial charge >= 0.3 is 12.1 Å². The number of nitrogens with two attached hydrogens (primary N) is 4. The molecule has 1 aromatic heterocycles. The molecule has 0 aliphatic carbocycles. The van der Waals surface area contributed by atoms with Gasteiger partial charge in [0.15, 0.2) is 5.58 Å². The highest BCUT2D eigenvalue weighted by Gasteiger charge is 2.17. The van der Waals surface area contributed by atoms with Gasteiger partial charge in [-0.1, -0.05) is 12.1 Å². The van der Waals surface area contributed by atoms with Crippen LogP contribution < -0.4 is 33.2 Å². The van der Waals surface area contributed by atoms with Crippen molar-refractivity contribution in [1.82, 2.24) is 0 Å². The molecule has 0 spiro atoms. The second-order valence-corrected chi connectivity index (χ2v) is 4.85. The zero-order valence-corrected chi connectivity index (χ0v) is 11.9. The average Bonchev–Trinajstić information content (AvgIpc) is 2.90. The lowest BCUT2D eigenvalue weighted by Gasteiger charge is -2.13. The maximum absolute atomic E-state index is 11.3. The number of benzene rings is 2. The fourth-order valence-corrected chi connectivity index (χ4v) is 2.36. The summed E-state index contributed by atoms with van der Waals surface area (Å²) in [7, 11) is 0. The molecule has 8 N–H and O–H groups in total. The summed E-state index contributed by atoms with van der Waals surface area (Å²) in [6, 6.07) is 8.37. The smallest absolute Gasteiger partial charge is 0.333 e. The maximum Gasteiger partial charge on any atom is 0.333 e. The number of urea groups is 2. The average molecular weight is 314 g/mol. The molecule has 0 aliphatic heterocycles. The Hall–Kier alpha value is -3.30. The second kappa shape index (κ2) is 5.16. The number of nitrogens with zero attached hydrogens (tertiary/aromatic N) is 2. The van der Waals surface area contributed by atoms with Crippen LogP contribution in [0.2, 0.25) is 0 Å². The molecule has 2 aromatic carbocycles. The summed E-state index contributed by atoms with van der Waals surface area (Å²) in [5.41, 5.74) is 12.0. The van der Waals surface area contributed by atoms with Gasteiger partial charge in [0.05, 0.1) is 5.69 Å². The Balaban J connectivity index is 2.25. The molecule has 9 nitrogen and oxygen atoms in total. The summed E-state index contributed by atoms with van der Waals surface area (Å²) in [6.45, 7) is 0. The van der Waals surface area contributed by atoms with Crippen molar-refractivity contribution in [3.63, 3.8) is 0 Å². The normalized spacial score (nSPS) is 10.9. The van der Waals surface area contributed by atoms with E-state index in [1.165, 1.54) is 0 Å². The summed E-state index contributed by atoms with van der Waals surface area (Å²) in [6.07, 6.45) is 0. The molecule has 0 saturated carbocycles. The quantitative estimate of drug-likeness (QED) is 0.316. The van der Waals surface area contributed by atoms with E-state index in [9.17, 15) is 9.59 Å². The van der Waals surface area contributed by atoms with E-state index < -0.39 is 12.1 Å². The van der Waals surface area contributed by atoms with Crippen molar-refractivity contribution >= 4 is 45.4 Å². The van der Waals surface area contributed by atoms with Gasteiger partial charge in [-0.2, -0.15) is 0 Å². The molecule has 0 aliphatic rings. The molecule has 118 valence electrons. The minimum atomic E-state index is -0.819. The Kier molecular flexibility index (Phi) is 3.28.